The second-order valence-electron chi connectivity index (χ2n) is 4.84. The number of thiazole rings is 1. The minimum atomic E-state index is 0.750. The van der Waals surface area contributed by atoms with Crippen LogP contribution in [0.2, 0.25) is 0 Å². The lowest BCUT2D eigenvalue weighted by Crippen LogP contribution is -2.18. The molecule has 0 unspecified atom stereocenters. The highest BCUT2D eigenvalue weighted by molar-refractivity contribution is 7.09. The van der Waals surface area contributed by atoms with E-state index in [2.05, 4.69) is 45.6 Å². The molecular formula is C15H23N3OS. The van der Waals surface area contributed by atoms with Crippen molar-refractivity contribution in [3.8, 4) is 0 Å². The lowest BCUT2D eigenvalue weighted by molar-refractivity contribution is 0.199. The van der Waals surface area contributed by atoms with Crippen LogP contribution in [0.15, 0.2) is 23.8 Å². The lowest BCUT2D eigenvalue weighted by Gasteiger charge is -2.02. The molecular weight excluding hydrogens is 270 g/mol. The molecule has 2 heterocycles. The van der Waals surface area contributed by atoms with Gasteiger partial charge in [0.05, 0.1) is 23.9 Å². The first-order valence-corrected chi connectivity index (χ1v) is 7.97. The van der Waals surface area contributed by atoms with Crippen LogP contribution in [0.25, 0.3) is 0 Å². The molecule has 0 aliphatic heterocycles. The largest absolute Gasteiger partial charge is 0.383 e. The second-order valence-corrected chi connectivity index (χ2v) is 5.79. The summed E-state index contributed by atoms with van der Waals surface area (Å²) in [5, 5.41) is 6.76. The highest BCUT2D eigenvalue weighted by Crippen LogP contribution is 2.13. The number of aryl methyl sites for hydroxylation is 1. The summed E-state index contributed by atoms with van der Waals surface area (Å²) in [6.07, 6.45) is 6.55. The van der Waals surface area contributed by atoms with E-state index in [1.54, 1.807) is 18.4 Å². The van der Waals surface area contributed by atoms with Crippen molar-refractivity contribution in [2.24, 2.45) is 0 Å². The fourth-order valence-electron chi connectivity index (χ4n) is 2.04. The topological polar surface area (TPSA) is 39.1 Å². The molecule has 20 heavy (non-hydrogen) atoms. The van der Waals surface area contributed by atoms with Gasteiger partial charge in [0.25, 0.3) is 0 Å². The van der Waals surface area contributed by atoms with Gasteiger partial charge in [-0.05, 0) is 24.5 Å². The summed E-state index contributed by atoms with van der Waals surface area (Å²) in [5.74, 6) is 0. The van der Waals surface area contributed by atoms with Gasteiger partial charge in [-0.2, -0.15) is 0 Å². The van der Waals surface area contributed by atoms with Crippen LogP contribution in [0.3, 0.4) is 0 Å². The highest BCUT2D eigenvalue weighted by atomic mass is 32.1. The van der Waals surface area contributed by atoms with E-state index in [0.717, 1.165) is 44.8 Å². The molecule has 2 aromatic rings. The van der Waals surface area contributed by atoms with Crippen LogP contribution in [0, 0.1) is 0 Å². The maximum absolute atomic E-state index is 5.01. The minimum absolute atomic E-state index is 0.750. The fourth-order valence-corrected chi connectivity index (χ4v) is 2.93. The Morgan fingerprint density at radius 1 is 1.45 bits per heavy atom. The summed E-state index contributed by atoms with van der Waals surface area (Å²) in [4.78, 5) is 4.66. The standard InChI is InChI=1S/C15H23N3OS/c1-3-4-15-17-14(12-20-15)11-18-7-5-13(10-18)9-16-6-8-19-2/h5,7,10,12,16H,3-4,6,8-9,11H2,1-2H3. The van der Waals surface area contributed by atoms with Crippen molar-refractivity contribution >= 4 is 11.3 Å². The number of nitrogens with zero attached hydrogens (tertiary/aromatic N) is 2. The highest BCUT2D eigenvalue weighted by Gasteiger charge is 2.03. The number of methoxy groups -OCH3 is 1. The second kappa shape index (κ2) is 8.19. The molecule has 0 atom stereocenters. The third-order valence-corrected chi connectivity index (χ3v) is 3.99. The summed E-state index contributed by atoms with van der Waals surface area (Å²) in [7, 11) is 1.72. The van der Waals surface area contributed by atoms with Gasteiger partial charge in [-0.15, -0.1) is 11.3 Å². The summed E-state index contributed by atoms with van der Waals surface area (Å²) in [6, 6.07) is 2.15. The van der Waals surface area contributed by atoms with Crippen molar-refractivity contribution in [2.75, 3.05) is 20.3 Å². The van der Waals surface area contributed by atoms with Crippen LogP contribution >= 0.6 is 11.3 Å². The van der Waals surface area contributed by atoms with Crippen molar-refractivity contribution < 1.29 is 4.74 Å². The Balaban J connectivity index is 1.82. The van der Waals surface area contributed by atoms with Gasteiger partial charge in [0, 0.05) is 38.0 Å². The third-order valence-electron chi connectivity index (χ3n) is 3.03. The molecule has 0 radical (unpaired) electrons. The summed E-state index contributed by atoms with van der Waals surface area (Å²) >= 11 is 1.77. The number of rotatable bonds is 9. The van der Waals surface area contributed by atoms with E-state index in [9.17, 15) is 0 Å². The SMILES string of the molecule is CCCc1nc(Cn2ccc(CNCCOC)c2)cs1. The normalized spacial score (nSPS) is 11.1. The van der Waals surface area contributed by atoms with Crippen molar-refractivity contribution in [1.82, 2.24) is 14.9 Å². The quantitative estimate of drug-likeness (QED) is 0.723. The van der Waals surface area contributed by atoms with Crippen LogP contribution in [-0.2, 0) is 24.2 Å². The van der Waals surface area contributed by atoms with Crippen LogP contribution in [0.5, 0.6) is 0 Å². The Bertz CT molecular complexity index is 507. The zero-order chi connectivity index (χ0) is 14.2. The smallest absolute Gasteiger partial charge is 0.0928 e. The van der Waals surface area contributed by atoms with Gasteiger partial charge >= 0.3 is 0 Å². The molecule has 0 aliphatic carbocycles. The predicted molar refractivity (Wildman–Crippen MR) is 83.2 cm³/mol. The first kappa shape index (κ1) is 15.2. The zero-order valence-electron chi connectivity index (χ0n) is 12.3. The first-order valence-electron chi connectivity index (χ1n) is 7.09. The molecule has 110 valence electrons. The molecule has 1 N–H and O–H groups in total. The van der Waals surface area contributed by atoms with Gasteiger partial charge in [-0.3, -0.25) is 0 Å². The van der Waals surface area contributed by atoms with E-state index in [1.807, 2.05) is 0 Å². The average Bonchev–Trinajstić information content (AvgIpc) is 3.06. The van der Waals surface area contributed by atoms with E-state index >= 15 is 0 Å². The number of hydrogen-bond acceptors (Lipinski definition) is 4. The van der Waals surface area contributed by atoms with E-state index < -0.39 is 0 Å². The molecule has 0 amide bonds. The van der Waals surface area contributed by atoms with E-state index in [-0.39, 0.29) is 0 Å². The van der Waals surface area contributed by atoms with Gasteiger partial charge < -0.3 is 14.6 Å². The van der Waals surface area contributed by atoms with Crippen molar-refractivity contribution in [2.45, 2.75) is 32.9 Å². The molecule has 2 rings (SSSR count). The average molecular weight is 293 g/mol. The molecule has 0 fully saturated rings. The van der Waals surface area contributed by atoms with Crippen LogP contribution in [0.1, 0.15) is 29.6 Å². The molecule has 0 aromatic carbocycles. The van der Waals surface area contributed by atoms with Crippen LogP contribution in [-0.4, -0.2) is 29.8 Å². The Labute approximate surface area is 124 Å². The molecule has 5 heteroatoms. The lowest BCUT2D eigenvalue weighted by atomic mass is 10.3. The Morgan fingerprint density at radius 2 is 2.35 bits per heavy atom. The number of nitrogens with one attached hydrogen (secondary N) is 1. The first-order chi connectivity index (χ1) is 9.81. The maximum atomic E-state index is 5.01. The van der Waals surface area contributed by atoms with Gasteiger partial charge in [-0.1, -0.05) is 6.92 Å². The maximum Gasteiger partial charge on any atom is 0.0928 e. The molecule has 4 nitrogen and oxygen atoms in total. The Kier molecular flexibility index (Phi) is 6.24. The monoisotopic (exact) mass is 293 g/mol. The number of aromatic nitrogens is 2. The molecule has 0 saturated heterocycles. The summed E-state index contributed by atoms with van der Waals surface area (Å²) in [5.41, 5.74) is 2.46. The van der Waals surface area contributed by atoms with Crippen LogP contribution in [0.4, 0.5) is 0 Å². The van der Waals surface area contributed by atoms with Gasteiger partial charge in [-0.25, -0.2) is 4.98 Å². The molecule has 0 saturated carbocycles. The minimum Gasteiger partial charge on any atom is -0.383 e. The van der Waals surface area contributed by atoms with Crippen molar-refractivity contribution in [1.29, 1.82) is 0 Å². The van der Waals surface area contributed by atoms with E-state index in [4.69, 9.17) is 4.74 Å². The third kappa shape index (κ3) is 4.74. The van der Waals surface area contributed by atoms with Gasteiger partial charge in [0.2, 0.25) is 0 Å². The molecule has 0 bridgehead atoms. The van der Waals surface area contributed by atoms with Gasteiger partial charge in [0.1, 0.15) is 0 Å². The Hall–Kier alpha value is -1.17. The fraction of sp³-hybridized carbons (Fsp3) is 0.533. The van der Waals surface area contributed by atoms with Crippen molar-refractivity contribution in [3.63, 3.8) is 0 Å². The van der Waals surface area contributed by atoms with E-state index in [1.165, 1.54) is 10.6 Å². The van der Waals surface area contributed by atoms with Crippen LogP contribution < -0.4 is 5.32 Å². The van der Waals surface area contributed by atoms with Crippen molar-refractivity contribution in [3.05, 3.63) is 40.1 Å². The Morgan fingerprint density at radius 3 is 3.15 bits per heavy atom. The van der Waals surface area contributed by atoms with E-state index in [0.29, 0.717) is 0 Å². The zero-order valence-corrected chi connectivity index (χ0v) is 13.1. The number of ether oxygens (including phenoxy) is 1. The molecule has 2 aromatic heterocycles. The van der Waals surface area contributed by atoms with Gasteiger partial charge in [0.15, 0.2) is 0 Å². The molecule has 0 aliphatic rings. The summed E-state index contributed by atoms with van der Waals surface area (Å²) < 4.78 is 7.20. The summed E-state index contributed by atoms with van der Waals surface area (Å²) in [6.45, 7) is 5.57. The number of hydrogen-bond donors (Lipinski definition) is 1. The predicted octanol–water partition coefficient (Wildman–Crippen LogP) is 2.68. The molecule has 0 spiro atoms.